The van der Waals surface area contributed by atoms with Crippen molar-refractivity contribution in [3.63, 3.8) is 0 Å². The predicted molar refractivity (Wildman–Crippen MR) is 92.1 cm³/mol. The summed E-state index contributed by atoms with van der Waals surface area (Å²) in [4.78, 5) is 23.4. The van der Waals surface area contributed by atoms with Crippen LogP contribution in [-0.4, -0.2) is 39.0 Å². The number of esters is 1. The van der Waals surface area contributed by atoms with E-state index >= 15 is 0 Å². The molecule has 10 heteroatoms. The van der Waals surface area contributed by atoms with Gasteiger partial charge in [0.15, 0.2) is 6.61 Å². The second-order valence-corrected chi connectivity index (χ2v) is 8.70. The van der Waals surface area contributed by atoms with E-state index in [0.717, 1.165) is 11.3 Å². The molecule has 1 amide bonds. The number of thiophene rings is 1. The lowest BCUT2D eigenvalue weighted by Gasteiger charge is -2.27. The highest BCUT2D eigenvalue weighted by molar-refractivity contribution is 7.91. The lowest BCUT2D eigenvalue weighted by Crippen LogP contribution is -2.50. The molecule has 1 heterocycles. The monoisotopic (exact) mass is 387 g/mol. The van der Waals surface area contributed by atoms with Crippen LogP contribution >= 0.6 is 11.3 Å². The summed E-state index contributed by atoms with van der Waals surface area (Å²) >= 11 is 1.07. The van der Waals surface area contributed by atoms with Gasteiger partial charge in [-0.1, -0.05) is 19.9 Å². The Kier molecular flexibility index (Phi) is 7.54. The summed E-state index contributed by atoms with van der Waals surface area (Å²) in [6.45, 7) is 4.49. The molecule has 1 aromatic rings. The van der Waals surface area contributed by atoms with Gasteiger partial charge in [0.2, 0.25) is 10.0 Å². The SMILES string of the molecule is CC(C)[C@@](C)(C#N)NC(=O)COC(=O)CCNS(=O)(=O)c1cccs1. The molecule has 25 heavy (non-hydrogen) atoms. The third-order valence-corrected chi connectivity index (χ3v) is 6.39. The van der Waals surface area contributed by atoms with Crippen LogP contribution < -0.4 is 10.0 Å². The standard InChI is InChI=1S/C15H21N3O5S2/c1-11(2)15(3,10-16)18-12(19)9-23-13(20)6-7-17-25(21,22)14-5-4-8-24-14/h4-5,8,11,17H,6-7,9H2,1-3H3,(H,18,19)/t15-/m1/s1. The minimum Gasteiger partial charge on any atom is -0.456 e. The molecule has 0 aliphatic rings. The van der Waals surface area contributed by atoms with Gasteiger partial charge in [0.25, 0.3) is 5.91 Å². The molecule has 1 aromatic heterocycles. The second kappa shape index (κ2) is 8.94. The Morgan fingerprint density at radius 2 is 2.12 bits per heavy atom. The first-order chi connectivity index (χ1) is 11.6. The summed E-state index contributed by atoms with van der Waals surface area (Å²) in [5.41, 5.74) is -1.06. The Bertz CT molecular complexity index is 738. The average molecular weight is 387 g/mol. The maximum absolute atomic E-state index is 11.8. The van der Waals surface area contributed by atoms with Gasteiger partial charge in [-0.15, -0.1) is 11.3 Å². The van der Waals surface area contributed by atoms with Gasteiger partial charge in [-0.3, -0.25) is 9.59 Å². The fourth-order valence-corrected chi connectivity index (χ4v) is 3.69. The molecule has 0 aliphatic heterocycles. The van der Waals surface area contributed by atoms with E-state index in [0.29, 0.717) is 0 Å². The lowest BCUT2D eigenvalue weighted by molar-refractivity contribution is -0.148. The molecule has 8 nitrogen and oxygen atoms in total. The maximum atomic E-state index is 11.8. The molecule has 0 spiro atoms. The van der Waals surface area contributed by atoms with Crippen LogP contribution in [0.15, 0.2) is 21.7 Å². The van der Waals surface area contributed by atoms with Gasteiger partial charge >= 0.3 is 5.97 Å². The molecular formula is C15H21N3O5S2. The van der Waals surface area contributed by atoms with E-state index in [1.54, 1.807) is 32.2 Å². The third-order valence-electron chi connectivity index (χ3n) is 3.53. The number of nitrogens with zero attached hydrogens (tertiary/aromatic N) is 1. The van der Waals surface area contributed by atoms with E-state index in [1.165, 1.54) is 6.07 Å². The van der Waals surface area contributed by atoms with Crippen LogP contribution in [0.4, 0.5) is 0 Å². The number of sulfonamides is 1. The molecule has 138 valence electrons. The zero-order valence-corrected chi connectivity index (χ0v) is 15.9. The fourth-order valence-electron chi connectivity index (χ4n) is 1.62. The number of carbonyl (C=O) groups excluding carboxylic acids is 2. The molecule has 1 atom stereocenters. The van der Waals surface area contributed by atoms with Gasteiger partial charge in [-0.05, 0) is 24.3 Å². The largest absolute Gasteiger partial charge is 0.456 e. The summed E-state index contributed by atoms with van der Waals surface area (Å²) < 4.78 is 30.9. The van der Waals surface area contributed by atoms with Crippen LogP contribution in [0.1, 0.15) is 27.2 Å². The molecule has 1 rings (SSSR count). The van der Waals surface area contributed by atoms with E-state index in [-0.39, 0.29) is 23.1 Å². The van der Waals surface area contributed by atoms with Crippen LogP contribution in [0.25, 0.3) is 0 Å². The fraction of sp³-hybridized carbons (Fsp3) is 0.533. The second-order valence-electron chi connectivity index (χ2n) is 5.76. The molecule has 2 N–H and O–H groups in total. The summed E-state index contributed by atoms with van der Waals surface area (Å²) in [5, 5.41) is 13.3. The van der Waals surface area contributed by atoms with Crippen molar-refractivity contribution in [2.75, 3.05) is 13.2 Å². The highest BCUT2D eigenvalue weighted by Crippen LogP contribution is 2.15. The number of rotatable bonds is 9. The van der Waals surface area contributed by atoms with Crippen LogP contribution in [0, 0.1) is 17.2 Å². The van der Waals surface area contributed by atoms with Crippen molar-refractivity contribution in [2.45, 2.75) is 36.9 Å². The van der Waals surface area contributed by atoms with E-state index < -0.39 is 34.0 Å². The Morgan fingerprint density at radius 1 is 1.44 bits per heavy atom. The number of nitriles is 1. The molecule has 0 aromatic carbocycles. The first-order valence-electron chi connectivity index (χ1n) is 7.52. The first-order valence-corrected chi connectivity index (χ1v) is 9.88. The van der Waals surface area contributed by atoms with E-state index in [1.807, 2.05) is 6.07 Å². The third kappa shape index (κ3) is 6.45. The molecule has 0 saturated carbocycles. The van der Waals surface area contributed by atoms with Crippen LogP contribution in [0.3, 0.4) is 0 Å². The summed E-state index contributed by atoms with van der Waals surface area (Å²) in [6, 6.07) is 5.08. The summed E-state index contributed by atoms with van der Waals surface area (Å²) in [6.07, 6.45) is -0.211. The van der Waals surface area contributed by atoms with Crippen molar-refractivity contribution >= 4 is 33.2 Å². The molecule has 0 saturated heterocycles. The molecular weight excluding hydrogens is 366 g/mol. The van der Waals surface area contributed by atoms with Crippen LogP contribution in [-0.2, 0) is 24.3 Å². The van der Waals surface area contributed by atoms with E-state index in [2.05, 4.69) is 10.0 Å². The van der Waals surface area contributed by atoms with Crippen molar-refractivity contribution in [2.24, 2.45) is 5.92 Å². The maximum Gasteiger partial charge on any atom is 0.307 e. The molecule has 0 aliphatic carbocycles. The number of nitrogens with one attached hydrogen (secondary N) is 2. The van der Waals surface area contributed by atoms with Crippen molar-refractivity contribution < 1.29 is 22.7 Å². The minimum absolute atomic E-state index is 0.121. The zero-order valence-electron chi connectivity index (χ0n) is 14.2. The number of hydrogen-bond donors (Lipinski definition) is 2. The highest BCUT2D eigenvalue weighted by Gasteiger charge is 2.30. The van der Waals surface area contributed by atoms with Gasteiger partial charge in [0.1, 0.15) is 9.75 Å². The van der Waals surface area contributed by atoms with Crippen molar-refractivity contribution in [3.05, 3.63) is 17.5 Å². The molecule has 0 bridgehead atoms. The highest BCUT2D eigenvalue weighted by atomic mass is 32.2. The topological polar surface area (TPSA) is 125 Å². The lowest BCUT2D eigenvalue weighted by atomic mass is 9.90. The average Bonchev–Trinajstić information content (AvgIpc) is 3.07. The normalized spacial score (nSPS) is 13.7. The van der Waals surface area contributed by atoms with E-state index in [9.17, 15) is 18.0 Å². The Balaban J connectivity index is 2.36. The van der Waals surface area contributed by atoms with Crippen molar-refractivity contribution in [1.82, 2.24) is 10.0 Å². The zero-order chi connectivity index (χ0) is 19.1. The van der Waals surface area contributed by atoms with Gasteiger partial charge in [0, 0.05) is 6.54 Å². The van der Waals surface area contributed by atoms with Crippen LogP contribution in [0.2, 0.25) is 0 Å². The number of carbonyl (C=O) groups is 2. The number of hydrogen-bond acceptors (Lipinski definition) is 7. The Hall–Kier alpha value is -1.96. The summed E-state index contributed by atoms with van der Waals surface area (Å²) in [7, 11) is -3.64. The van der Waals surface area contributed by atoms with Crippen LogP contribution in [0.5, 0.6) is 0 Å². The molecule has 0 fully saturated rings. The van der Waals surface area contributed by atoms with Gasteiger partial charge in [-0.2, -0.15) is 5.26 Å². The van der Waals surface area contributed by atoms with Crippen molar-refractivity contribution in [3.8, 4) is 6.07 Å². The van der Waals surface area contributed by atoms with Gasteiger partial charge in [-0.25, -0.2) is 13.1 Å². The van der Waals surface area contributed by atoms with Crippen molar-refractivity contribution in [1.29, 1.82) is 5.26 Å². The van der Waals surface area contributed by atoms with Gasteiger partial charge < -0.3 is 10.1 Å². The van der Waals surface area contributed by atoms with Gasteiger partial charge in [0.05, 0.1) is 12.5 Å². The Morgan fingerprint density at radius 3 is 2.64 bits per heavy atom. The Labute approximate surface area is 151 Å². The smallest absolute Gasteiger partial charge is 0.307 e. The minimum atomic E-state index is -3.64. The summed E-state index contributed by atoms with van der Waals surface area (Å²) in [5.74, 6) is -1.43. The molecule has 0 unspecified atom stereocenters. The number of ether oxygens (including phenoxy) is 1. The quantitative estimate of drug-likeness (QED) is 0.609. The first kappa shape index (κ1) is 21.1. The van der Waals surface area contributed by atoms with E-state index in [4.69, 9.17) is 10.00 Å². The molecule has 0 radical (unpaired) electrons. The number of amides is 1. The predicted octanol–water partition coefficient (Wildman–Crippen LogP) is 1.01.